The fourth-order valence-electron chi connectivity index (χ4n) is 2.94. The van der Waals surface area contributed by atoms with Crippen LogP contribution in [0.3, 0.4) is 0 Å². The number of aromatic nitrogens is 2. The highest BCUT2D eigenvalue weighted by atomic mass is 15.1. The second-order valence-corrected chi connectivity index (χ2v) is 5.04. The molecule has 2 N–H and O–H groups in total. The summed E-state index contributed by atoms with van der Waals surface area (Å²) in [6, 6.07) is 6.36. The van der Waals surface area contributed by atoms with E-state index in [-0.39, 0.29) is 0 Å². The van der Waals surface area contributed by atoms with Gasteiger partial charge in [0, 0.05) is 19.5 Å². The monoisotopic (exact) mass is 229 g/mol. The number of aryl methyl sites for hydroxylation is 1. The molecular weight excluding hydrogens is 210 g/mol. The Morgan fingerprint density at radius 1 is 1.35 bits per heavy atom. The van der Waals surface area contributed by atoms with Gasteiger partial charge in [0.1, 0.15) is 5.82 Å². The maximum absolute atomic E-state index is 5.67. The summed E-state index contributed by atoms with van der Waals surface area (Å²) in [6.07, 6.45) is 5.28. The lowest BCUT2D eigenvalue weighted by Gasteiger charge is -2.08. The Kier molecular flexibility index (Phi) is 2.63. The molecule has 0 atom stereocenters. The Hall–Kier alpha value is -1.35. The molecule has 3 heteroatoms. The number of nitrogens with zero attached hydrogens (tertiary/aromatic N) is 2. The summed E-state index contributed by atoms with van der Waals surface area (Å²) >= 11 is 0. The van der Waals surface area contributed by atoms with Crippen LogP contribution in [-0.2, 0) is 13.6 Å². The third-order valence-corrected chi connectivity index (χ3v) is 3.94. The van der Waals surface area contributed by atoms with Crippen LogP contribution >= 0.6 is 0 Å². The van der Waals surface area contributed by atoms with Crippen LogP contribution < -0.4 is 5.73 Å². The summed E-state index contributed by atoms with van der Waals surface area (Å²) in [5.74, 6) is 1.92. The molecule has 1 fully saturated rings. The van der Waals surface area contributed by atoms with Crippen molar-refractivity contribution in [2.75, 3.05) is 0 Å². The Morgan fingerprint density at radius 2 is 2.12 bits per heavy atom. The minimum absolute atomic E-state index is 0.589. The van der Waals surface area contributed by atoms with Crippen molar-refractivity contribution < 1.29 is 0 Å². The Balaban J connectivity index is 2.10. The minimum Gasteiger partial charge on any atom is -0.331 e. The largest absolute Gasteiger partial charge is 0.331 e. The molecule has 3 rings (SSSR count). The molecule has 90 valence electrons. The number of imidazole rings is 1. The molecule has 0 spiro atoms. The van der Waals surface area contributed by atoms with Gasteiger partial charge in [-0.2, -0.15) is 0 Å². The fraction of sp³-hybridized carbons (Fsp3) is 0.500. The van der Waals surface area contributed by atoms with Crippen molar-refractivity contribution in [1.29, 1.82) is 0 Å². The summed E-state index contributed by atoms with van der Waals surface area (Å²) in [6.45, 7) is 0.589. The summed E-state index contributed by atoms with van der Waals surface area (Å²) in [4.78, 5) is 4.81. The highest BCUT2D eigenvalue weighted by Crippen LogP contribution is 2.34. The van der Waals surface area contributed by atoms with E-state index >= 15 is 0 Å². The zero-order valence-corrected chi connectivity index (χ0v) is 10.3. The van der Waals surface area contributed by atoms with E-state index in [0.29, 0.717) is 12.5 Å². The molecule has 0 unspecified atom stereocenters. The van der Waals surface area contributed by atoms with E-state index in [1.807, 2.05) is 0 Å². The third kappa shape index (κ3) is 1.75. The highest BCUT2D eigenvalue weighted by Gasteiger charge is 2.22. The van der Waals surface area contributed by atoms with Crippen LogP contribution in [0.4, 0.5) is 0 Å². The SMILES string of the molecule is Cn1c(C2CCCC2)nc2cc(CN)ccc21. The number of hydrogen-bond acceptors (Lipinski definition) is 2. The van der Waals surface area contributed by atoms with Crippen LogP contribution in [-0.4, -0.2) is 9.55 Å². The number of fused-ring (bicyclic) bond motifs is 1. The zero-order valence-electron chi connectivity index (χ0n) is 10.3. The maximum Gasteiger partial charge on any atom is 0.112 e. The second kappa shape index (κ2) is 4.15. The van der Waals surface area contributed by atoms with Crippen molar-refractivity contribution >= 4 is 11.0 Å². The lowest BCUT2D eigenvalue weighted by atomic mass is 10.1. The first-order valence-electron chi connectivity index (χ1n) is 6.45. The molecule has 1 saturated carbocycles. The summed E-state index contributed by atoms with van der Waals surface area (Å²) < 4.78 is 2.26. The molecule has 1 aliphatic carbocycles. The van der Waals surface area contributed by atoms with Gasteiger partial charge in [0.15, 0.2) is 0 Å². The van der Waals surface area contributed by atoms with Gasteiger partial charge in [0.25, 0.3) is 0 Å². The van der Waals surface area contributed by atoms with Crippen molar-refractivity contribution in [2.45, 2.75) is 38.1 Å². The minimum atomic E-state index is 0.589. The van der Waals surface area contributed by atoms with Gasteiger partial charge in [-0.1, -0.05) is 18.9 Å². The van der Waals surface area contributed by atoms with Crippen LogP contribution in [0.2, 0.25) is 0 Å². The van der Waals surface area contributed by atoms with Crippen molar-refractivity contribution in [2.24, 2.45) is 12.8 Å². The molecular formula is C14H19N3. The maximum atomic E-state index is 5.67. The first-order valence-corrected chi connectivity index (χ1v) is 6.45. The van der Waals surface area contributed by atoms with Gasteiger partial charge in [0.2, 0.25) is 0 Å². The van der Waals surface area contributed by atoms with Gasteiger partial charge in [-0.25, -0.2) is 4.98 Å². The average molecular weight is 229 g/mol. The van der Waals surface area contributed by atoms with E-state index in [1.165, 1.54) is 37.0 Å². The summed E-state index contributed by atoms with van der Waals surface area (Å²) in [5, 5.41) is 0. The van der Waals surface area contributed by atoms with Gasteiger partial charge < -0.3 is 10.3 Å². The van der Waals surface area contributed by atoms with Crippen LogP contribution in [0.15, 0.2) is 18.2 Å². The van der Waals surface area contributed by atoms with Crippen molar-refractivity contribution in [3.63, 3.8) is 0 Å². The van der Waals surface area contributed by atoms with E-state index in [2.05, 4.69) is 29.8 Å². The van der Waals surface area contributed by atoms with Crippen LogP contribution in [0.5, 0.6) is 0 Å². The zero-order chi connectivity index (χ0) is 11.8. The molecule has 1 heterocycles. The van der Waals surface area contributed by atoms with Crippen LogP contribution in [0, 0.1) is 0 Å². The molecule has 0 amide bonds. The standard InChI is InChI=1S/C14H19N3/c1-17-13-7-6-10(9-15)8-12(13)16-14(17)11-4-2-3-5-11/h6-8,11H,2-5,9,15H2,1H3. The van der Waals surface area contributed by atoms with E-state index in [9.17, 15) is 0 Å². The molecule has 1 aromatic carbocycles. The number of hydrogen-bond donors (Lipinski definition) is 1. The van der Waals surface area contributed by atoms with E-state index in [4.69, 9.17) is 10.7 Å². The molecule has 0 bridgehead atoms. The predicted octanol–water partition coefficient (Wildman–Crippen LogP) is 2.69. The Bertz CT molecular complexity index is 536. The van der Waals surface area contributed by atoms with Gasteiger partial charge in [0.05, 0.1) is 11.0 Å². The summed E-state index contributed by atoms with van der Waals surface area (Å²) in [7, 11) is 2.13. The molecule has 17 heavy (non-hydrogen) atoms. The van der Waals surface area contributed by atoms with Gasteiger partial charge in [-0.05, 0) is 30.5 Å². The second-order valence-electron chi connectivity index (χ2n) is 5.04. The van der Waals surface area contributed by atoms with Gasteiger partial charge in [-0.3, -0.25) is 0 Å². The third-order valence-electron chi connectivity index (χ3n) is 3.94. The normalized spacial score (nSPS) is 17.1. The molecule has 3 nitrogen and oxygen atoms in total. The predicted molar refractivity (Wildman–Crippen MR) is 69.8 cm³/mol. The molecule has 0 saturated heterocycles. The molecule has 0 aliphatic heterocycles. The van der Waals surface area contributed by atoms with E-state index in [0.717, 1.165) is 11.1 Å². The lowest BCUT2D eigenvalue weighted by Crippen LogP contribution is -2.02. The highest BCUT2D eigenvalue weighted by molar-refractivity contribution is 5.77. The van der Waals surface area contributed by atoms with E-state index in [1.54, 1.807) is 0 Å². The number of nitrogens with two attached hydrogens (primary N) is 1. The van der Waals surface area contributed by atoms with Crippen LogP contribution in [0.1, 0.15) is 43.0 Å². The average Bonchev–Trinajstić information content (AvgIpc) is 2.97. The van der Waals surface area contributed by atoms with Crippen molar-refractivity contribution in [3.8, 4) is 0 Å². The van der Waals surface area contributed by atoms with E-state index < -0.39 is 0 Å². The van der Waals surface area contributed by atoms with Gasteiger partial charge >= 0.3 is 0 Å². The molecule has 1 aliphatic rings. The van der Waals surface area contributed by atoms with Crippen molar-refractivity contribution in [3.05, 3.63) is 29.6 Å². The van der Waals surface area contributed by atoms with Crippen LogP contribution in [0.25, 0.3) is 11.0 Å². The topological polar surface area (TPSA) is 43.8 Å². The molecule has 1 aromatic heterocycles. The number of rotatable bonds is 2. The first-order chi connectivity index (χ1) is 8.29. The molecule has 0 radical (unpaired) electrons. The Morgan fingerprint density at radius 3 is 2.82 bits per heavy atom. The van der Waals surface area contributed by atoms with Gasteiger partial charge in [-0.15, -0.1) is 0 Å². The Labute approximate surface area is 102 Å². The number of benzene rings is 1. The summed E-state index contributed by atoms with van der Waals surface area (Å²) in [5.41, 5.74) is 9.15. The quantitative estimate of drug-likeness (QED) is 0.860. The first kappa shape index (κ1) is 10.8. The smallest absolute Gasteiger partial charge is 0.112 e. The lowest BCUT2D eigenvalue weighted by molar-refractivity contribution is 0.639. The van der Waals surface area contributed by atoms with Crippen molar-refractivity contribution in [1.82, 2.24) is 9.55 Å². The molecule has 2 aromatic rings. The fourth-order valence-corrected chi connectivity index (χ4v) is 2.94.